The van der Waals surface area contributed by atoms with Gasteiger partial charge in [0.2, 0.25) is 5.95 Å². The third-order valence-corrected chi connectivity index (χ3v) is 6.57. The monoisotopic (exact) mass is 467 g/mol. The van der Waals surface area contributed by atoms with Crippen LogP contribution in [0.1, 0.15) is 11.1 Å². The number of hydrogen-bond acceptors (Lipinski definition) is 8. The van der Waals surface area contributed by atoms with Gasteiger partial charge >= 0.3 is 0 Å². The van der Waals surface area contributed by atoms with Crippen molar-refractivity contribution in [3.63, 3.8) is 0 Å². The summed E-state index contributed by atoms with van der Waals surface area (Å²) < 4.78 is 5.34. The van der Waals surface area contributed by atoms with Gasteiger partial charge in [0.25, 0.3) is 0 Å². The minimum absolute atomic E-state index is 0.111. The lowest BCUT2D eigenvalue weighted by molar-refractivity contribution is 0.311. The van der Waals surface area contributed by atoms with Crippen LogP contribution in [0.4, 0.5) is 11.6 Å². The Kier molecular flexibility index (Phi) is 5.18. The Labute approximate surface area is 201 Å². The zero-order valence-corrected chi connectivity index (χ0v) is 19.6. The summed E-state index contributed by atoms with van der Waals surface area (Å²) in [6, 6.07) is 11.6. The van der Waals surface area contributed by atoms with Crippen molar-refractivity contribution in [2.75, 3.05) is 45.2 Å². The second-order valence-corrected chi connectivity index (χ2v) is 8.83. The number of piperazine rings is 1. The normalized spacial score (nSPS) is 16.3. The van der Waals surface area contributed by atoms with E-state index in [1.165, 1.54) is 0 Å². The van der Waals surface area contributed by atoms with E-state index >= 15 is 0 Å². The van der Waals surface area contributed by atoms with Crippen LogP contribution in [-0.4, -0.2) is 65.3 Å². The maximum atomic E-state index is 10.5. The molecule has 4 aromatic rings. The molecule has 0 aliphatic carbocycles. The fourth-order valence-electron chi connectivity index (χ4n) is 4.52. The van der Waals surface area contributed by atoms with Gasteiger partial charge in [0.1, 0.15) is 11.4 Å². The van der Waals surface area contributed by atoms with Gasteiger partial charge in [-0.25, -0.2) is 9.97 Å². The van der Waals surface area contributed by atoms with Gasteiger partial charge in [0.05, 0.1) is 12.8 Å². The molecule has 2 aromatic heterocycles. The summed E-state index contributed by atoms with van der Waals surface area (Å²) >= 11 is 0. The first-order chi connectivity index (χ1) is 17.1. The summed E-state index contributed by atoms with van der Waals surface area (Å²) in [7, 11) is 3.76. The molecule has 2 aliphatic rings. The predicted octanol–water partition coefficient (Wildman–Crippen LogP) is 2.51. The van der Waals surface area contributed by atoms with Crippen LogP contribution in [0.25, 0.3) is 22.7 Å². The number of fused-ring (bicyclic) bond motifs is 2. The Morgan fingerprint density at radius 3 is 2.57 bits per heavy atom. The number of azo groups is 1. The third-order valence-electron chi connectivity index (χ3n) is 6.57. The van der Waals surface area contributed by atoms with Gasteiger partial charge in [-0.15, -0.1) is 10.2 Å². The average Bonchev–Trinajstić information content (AvgIpc) is 3.44. The largest absolute Gasteiger partial charge is 0.497 e. The SMILES string of the molecule is COc1ccc2[nH]c(O)c(/C=c3\ccc4c(c3)N=NC=4c3cnc(N4CCN(C)CC4)nc3)c2c1. The topological polar surface area (TPSA) is 102 Å². The Bertz CT molecular complexity index is 1570. The molecule has 4 heterocycles. The van der Waals surface area contributed by atoms with Crippen LogP contribution >= 0.6 is 0 Å². The van der Waals surface area contributed by atoms with E-state index < -0.39 is 0 Å². The number of ether oxygens (including phenoxy) is 1. The Hall–Kier alpha value is -4.24. The molecule has 2 aromatic carbocycles. The van der Waals surface area contributed by atoms with Crippen molar-refractivity contribution in [3.05, 3.63) is 70.4 Å². The lowest BCUT2D eigenvalue weighted by Gasteiger charge is -2.32. The average molecular weight is 468 g/mol. The molecule has 0 unspecified atom stereocenters. The zero-order valence-electron chi connectivity index (χ0n) is 19.6. The molecule has 176 valence electrons. The maximum absolute atomic E-state index is 10.5. The Morgan fingerprint density at radius 2 is 1.80 bits per heavy atom. The van der Waals surface area contributed by atoms with Crippen LogP contribution in [0.2, 0.25) is 0 Å². The molecule has 9 nitrogen and oxygen atoms in total. The number of nitrogens with one attached hydrogen (secondary N) is 1. The highest BCUT2D eigenvalue weighted by Gasteiger charge is 2.18. The third kappa shape index (κ3) is 3.89. The number of aromatic hydroxyl groups is 1. The highest BCUT2D eigenvalue weighted by atomic mass is 16.5. The highest BCUT2D eigenvalue weighted by Crippen LogP contribution is 2.31. The van der Waals surface area contributed by atoms with E-state index in [9.17, 15) is 5.11 Å². The van der Waals surface area contributed by atoms with Crippen LogP contribution in [0.15, 0.2) is 59.0 Å². The first kappa shape index (κ1) is 21.3. The van der Waals surface area contributed by atoms with E-state index in [0.717, 1.165) is 76.2 Å². The van der Waals surface area contributed by atoms with Gasteiger partial charge in [0, 0.05) is 65.8 Å². The van der Waals surface area contributed by atoms with Crippen LogP contribution in [0.5, 0.6) is 11.6 Å². The number of likely N-dealkylation sites (N-methyl/N-ethyl adjacent to an activating group) is 1. The number of aromatic amines is 1. The molecule has 1 fully saturated rings. The number of hydrogen-bond donors (Lipinski definition) is 2. The molecule has 0 radical (unpaired) electrons. The molecule has 0 spiro atoms. The number of anilines is 1. The molecule has 9 heteroatoms. The molecule has 0 atom stereocenters. The van der Waals surface area contributed by atoms with E-state index in [1.54, 1.807) is 7.11 Å². The quantitative estimate of drug-likeness (QED) is 0.478. The number of aromatic nitrogens is 3. The van der Waals surface area contributed by atoms with E-state index in [2.05, 4.69) is 42.0 Å². The molecular weight excluding hydrogens is 442 g/mol. The number of methoxy groups -OCH3 is 1. The van der Waals surface area contributed by atoms with Crippen molar-refractivity contribution in [3.8, 4) is 11.6 Å². The lowest BCUT2D eigenvalue weighted by Crippen LogP contribution is -2.45. The fourth-order valence-corrected chi connectivity index (χ4v) is 4.52. The number of H-pyrrole nitrogens is 1. The van der Waals surface area contributed by atoms with E-state index in [4.69, 9.17) is 4.74 Å². The van der Waals surface area contributed by atoms with Crippen LogP contribution in [0.3, 0.4) is 0 Å². The molecule has 0 bridgehead atoms. The Morgan fingerprint density at radius 1 is 1.00 bits per heavy atom. The van der Waals surface area contributed by atoms with Crippen LogP contribution < -0.4 is 20.1 Å². The summed E-state index contributed by atoms with van der Waals surface area (Å²) in [5, 5.41) is 22.0. The van der Waals surface area contributed by atoms with Crippen molar-refractivity contribution < 1.29 is 9.84 Å². The van der Waals surface area contributed by atoms with Gasteiger partial charge in [-0.05, 0) is 48.7 Å². The molecule has 0 saturated carbocycles. The van der Waals surface area contributed by atoms with Gasteiger partial charge in [0.15, 0.2) is 5.88 Å². The Balaban J connectivity index is 1.34. The van der Waals surface area contributed by atoms with E-state index in [0.29, 0.717) is 5.56 Å². The second-order valence-electron chi connectivity index (χ2n) is 8.83. The minimum Gasteiger partial charge on any atom is -0.497 e. The maximum Gasteiger partial charge on any atom is 0.225 e. The summed E-state index contributed by atoms with van der Waals surface area (Å²) in [5.41, 5.74) is 3.91. The number of nitrogens with zero attached hydrogens (tertiary/aromatic N) is 6. The van der Waals surface area contributed by atoms with Crippen molar-refractivity contribution >= 4 is 34.3 Å². The number of rotatable bonds is 4. The van der Waals surface area contributed by atoms with Crippen molar-refractivity contribution in [1.82, 2.24) is 19.9 Å². The smallest absolute Gasteiger partial charge is 0.225 e. The summed E-state index contributed by atoms with van der Waals surface area (Å²) in [5.74, 6) is 1.59. The predicted molar refractivity (Wildman–Crippen MR) is 135 cm³/mol. The molecule has 35 heavy (non-hydrogen) atoms. The fraction of sp³-hybridized carbons (Fsp3) is 0.231. The van der Waals surface area contributed by atoms with Crippen LogP contribution in [-0.2, 0) is 0 Å². The first-order valence-electron chi connectivity index (χ1n) is 11.5. The molecule has 1 saturated heterocycles. The van der Waals surface area contributed by atoms with E-state index in [-0.39, 0.29) is 5.88 Å². The molecule has 0 amide bonds. The van der Waals surface area contributed by atoms with Gasteiger partial charge < -0.3 is 24.6 Å². The van der Waals surface area contributed by atoms with Crippen molar-refractivity contribution in [2.24, 2.45) is 10.2 Å². The summed E-state index contributed by atoms with van der Waals surface area (Å²) in [6.45, 7) is 3.86. The van der Waals surface area contributed by atoms with Gasteiger partial charge in [-0.3, -0.25) is 0 Å². The first-order valence-corrected chi connectivity index (χ1v) is 11.5. The van der Waals surface area contributed by atoms with Crippen LogP contribution in [0, 0.1) is 0 Å². The summed E-state index contributed by atoms with van der Waals surface area (Å²) in [4.78, 5) is 16.7. The number of benzene rings is 2. The second kappa shape index (κ2) is 8.52. The molecule has 2 aliphatic heterocycles. The van der Waals surface area contributed by atoms with Gasteiger partial charge in [-0.2, -0.15) is 0 Å². The zero-order chi connectivity index (χ0) is 23.9. The standard InChI is InChI=1S/C26H25N7O2/c1-32-7-9-33(10-8-32)26-27-14-17(15-28-26)24-19-5-3-16(12-23(19)30-31-24)11-21-20-13-18(35-2)4-6-22(20)29-25(21)34/h3-6,11-15,29,34H,7-10H2,1-2H3/b16-11+. The minimum atomic E-state index is 0.111. The van der Waals surface area contributed by atoms with Gasteiger partial charge in [-0.1, -0.05) is 6.07 Å². The molecule has 6 rings (SSSR count). The van der Waals surface area contributed by atoms with E-state index in [1.807, 2.05) is 54.9 Å². The van der Waals surface area contributed by atoms with Crippen molar-refractivity contribution in [2.45, 2.75) is 0 Å². The van der Waals surface area contributed by atoms with Crippen molar-refractivity contribution in [1.29, 1.82) is 0 Å². The summed E-state index contributed by atoms with van der Waals surface area (Å²) in [6.07, 6.45) is 5.57. The molecular formula is C26H25N7O2. The highest BCUT2D eigenvalue weighted by molar-refractivity contribution is 5.92. The molecule has 2 N–H and O–H groups in total. The lowest BCUT2D eigenvalue weighted by atomic mass is 10.1.